The first kappa shape index (κ1) is 15.7. The van der Waals surface area contributed by atoms with Gasteiger partial charge in [-0.05, 0) is 13.3 Å². The Morgan fingerprint density at radius 3 is 2.68 bits per heavy atom. The molecule has 0 saturated carbocycles. The summed E-state index contributed by atoms with van der Waals surface area (Å²) in [6, 6.07) is -0.110. The molecule has 0 aromatic carbocycles. The van der Waals surface area contributed by atoms with Gasteiger partial charge in [-0.25, -0.2) is 4.79 Å². The Morgan fingerprint density at radius 2 is 2.05 bits per heavy atom. The van der Waals surface area contributed by atoms with Crippen molar-refractivity contribution in [1.82, 2.24) is 15.1 Å². The van der Waals surface area contributed by atoms with Crippen molar-refractivity contribution in [3.63, 3.8) is 0 Å². The van der Waals surface area contributed by atoms with Crippen molar-refractivity contribution in [2.45, 2.75) is 19.4 Å². The van der Waals surface area contributed by atoms with Crippen molar-refractivity contribution < 1.29 is 19.4 Å². The minimum Gasteiger partial charge on any atom is -0.480 e. The fourth-order valence-electron chi connectivity index (χ4n) is 1.95. The van der Waals surface area contributed by atoms with E-state index in [4.69, 9.17) is 9.84 Å². The number of carbonyl (C=O) groups is 2. The van der Waals surface area contributed by atoms with Crippen LogP contribution < -0.4 is 5.32 Å². The highest BCUT2D eigenvalue weighted by molar-refractivity contribution is 5.74. The predicted octanol–water partition coefficient (Wildman–Crippen LogP) is -0.177. The summed E-state index contributed by atoms with van der Waals surface area (Å²) >= 11 is 0. The van der Waals surface area contributed by atoms with E-state index in [0.29, 0.717) is 32.7 Å². The summed E-state index contributed by atoms with van der Waals surface area (Å²) in [5.74, 6) is -0.827. The number of nitrogens with one attached hydrogen (secondary N) is 1. The van der Waals surface area contributed by atoms with Crippen LogP contribution in [0, 0.1) is 0 Å². The summed E-state index contributed by atoms with van der Waals surface area (Å²) < 4.78 is 5.07. The lowest BCUT2D eigenvalue weighted by Crippen LogP contribution is -2.44. The molecule has 7 nitrogen and oxygen atoms in total. The van der Waals surface area contributed by atoms with Crippen LogP contribution in [0.25, 0.3) is 0 Å². The molecule has 19 heavy (non-hydrogen) atoms. The first-order chi connectivity index (χ1) is 9.02. The van der Waals surface area contributed by atoms with Gasteiger partial charge in [0, 0.05) is 39.8 Å². The summed E-state index contributed by atoms with van der Waals surface area (Å²) in [5, 5.41) is 11.6. The Kier molecular flexibility index (Phi) is 6.58. The molecule has 2 amide bonds. The van der Waals surface area contributed by atoms with Gasteiger partial charge in [0.25, 0.3) is 0 Å². The van der Waals surface area contributed by atoms with Gasteiger partial charge in [-0.1, -0.05) is 0 Å². The summed E-state index contributed by atoms with van der Waals surface area (Å²) in [5.41, 5.74) is 0. The van der Waals surface area contributed by atoms with Gasteiger partial charge in [-0.3, -0.25) is 9.69 Å². The number of aliphatic carboxylic acids is 1. The number of hydrogen-bond donors (Lipinski definition) is 2. The maximum Gasteiger partial charge on any atom is 0.317 e. The van der Waals surface area contributed by atoms with Crippen molar-refractivity contribution in [3.8, 4) is 0 Å². The second-order valence-corrected chi connectivity index (χ2v) is 4.74. The predicted molar refractivity (Wildman–Crippen MR) is 70.1 cm³/mol. The van der Waals surface area contributed by atoms with Crippen molar-refractivity contribution in [1.29, 1.82) is 0 Å². The Bertz CT molecular complexity index is 311. The highest BCUT2D eigenvalue weighted by Crippen LogP contribution is 2.03. The van der Waals surface area contributed by atoms with Crippen LogP contribution in [-0.2, 0) is 9.53 Å². The third kappa shape index (κ3) is 5.89. The lowest BCUT2D eigenvalue weighted by Gasteiger charge is -2.22. The lowest BCUT2D eigenvalue weighted by molar-refractivity contribution is -0.138. The number of hydrogen-bond acceptors (Lipinski definition) is 4. The minimum atomic E-state index is -0.827. The maximum atomic E-state index is 11.9. The van der Waals surface area contributed by atoms with E-state index in [1.54, 1.807) is 12.0 Å². The number of carboxylic acid groups (broad SMARTS) is 1. The molecule has 1 rings (SSSR count). The largest absolute Gasteiger partial charge is 0.480 e. The summed E-state index contributed by atoms with van der Waals surface area (Å²) in [6.07, 6.45) is 0.778. The SMILES string of the molecule is COC(C)CNC(=O)N1CCCN(CC(=O)O)CC1. The Hall–Kier alpha value is -1.34. The van der Waals surface area contributed by atoms with Crippen molar-refractivity contribution in [3.05, 3.63) is 0 Å². The van der Waals surface area contributed by atoms with Crippen LogP contribution in [0.1, 0.15) is 13.3 Å². The average molecular weight is 273 g/mol. The molecule has 1 aliphatic heterocycles. The van der Waals surface area contributed by atoms with Crippen LogP contribution in [0.3, 0.4) is 0 Å². The number of carbonyl (C=O) groups excluding carboxylic acids is 1. The van der Waals surface area contributed by atoms with Crippen LogP contribution in [0.15, 0.2) is 0 Å². The van der Waals surface area contributed by atoms with E-state index in [9.17, 15) is 9.59 Å². The first-order valence-corrected chi connectivity index (χ1v) is 6.52. The number of nitrogens with zero attached hydrogens (tertiary/aromatic N) is 2. The number of ether oxygens (including phenoxy) is 1. The number of amides is 2. The molecule has 0 aromatic heterocycles. The molecule has 0 aromatic rings. The normalized spacial score (nSPS) is 18.7. The van der Waals surface area contributed by atoms with Crippen LogP contribution in [0.4, 0.5) is 4.79 Å². The van der Waals surface area contributed by atoms with E-state index in [-0.39, 0.29) is 18.7 Å². The highest BCUT2D eigenvalue weighted by Gasteiger charge is 2.20. The fraction of sp³-hybridized carbons (Fsp3) is 0.833. The average Bonchev–Trinajstić information content (AvgIpc) is 2.60. The van der Waals surface area contributed by atoms with Gasteiger partial charge in [-0.2, -0.15) is 0 Å². The van der Waals surface area contributed by atoms with Crippen LogP contribution in [0.2, 0.25) is 0 Å². The quantitative estimate of drug-likeness (QED) is 0.726. The van der Waals surface area contributed by atoms with Crippen LogP contribution in [-0.4, -0.2) is 79.4 Å². The molecular formula is C12H23N3O4. The second-order valence-electron chi connectivity index (χ2n) is 4.74. The summed E-state index contributed by atoms with van der Waals surface area (Å²) in [6.45, 7) is 4.92. The molecule has 0 radical (unpaired) electrons. The molecule has 1 fully saturated rings. The van der Waals surface area contributed by atoms with Gasteiger partial charge in [0.1, 0.15) is 0 Å². The van der Waals surface area contributed by atoms with Crippen molar-refractivity contribution in [2.75, 3.05) is 46.4 Å². The van der Waals surface area contributed by atoms with Gasteiger partial charge in [0.15, 0.2) is 0 Å². The van der Waals surface area contributed by atoms with E-state index >= 15 is 0 Å². The standard InChI is InChI=1S/C12H23N3O4/c1-10(19-2)8-13-12(18)15-5-3-4-14(6-7-15)9-11(16)17/h10H,3-9H2,1-2H3,(H,13,18)(H,16,17). The number of methoxy groups -OCH3 is 1. The molecule has 0 bridgehead atoms. The molecule has 1 unspecified atom stereocenters. The number of urea groups is 1. The van der Waals surface area contributed by atoms with E-state index in [0.717, 1.165) is 6.42 Å². The maximum absolute atomic E-state index is 11.9. The Morgan fingerprint density at radius 1 is 1.32 bits per heavy atom. The van der Waals surface area contributed by atoms with Gasteiger partial charge >= 0.3 is 12.0 Å². The molecule has 110 valence electrons. The first-order valence-electron chi connectivity index (χ1n) is 6.52. The summed E-state index contributed by atoms with van der Waals surface area (Å²) in [4.78, 5) is 26.2. The van der Waals surface area contributed by atoms with Crippen molar-refractivity contribution in [2.24, 2.45) is 0 Å². The zero-order valence-electron chi connectivity index (χ0n) is 11.6. The minimum absolute atomic E-state index is 0.0144. The Balaban J connectivity index is 2.35. The molecule has 1 aliphatic rings. The third-order valence-corrected chi connectivity index (χ3v) is 3.18. The smallest absolute Gasteiger partial charge is 0.317 e. The Labute approximate surface area is 113 Å². The van der Waals surface area contributed by atoms with E-state index < -0.39 is 5.97 Å². The van der Waals surface area contributed by atoms with Gasteiger partial charge in [0.05, 0.1) is 12.6 Å². The van der Waals surface area contributed by atoms with Gasteiger partial charge < -0.3 is 20.1 Å². The van der Waals surface area contributed by atoms with Gasteiger partial charge in [-0.15, -0.1) is 0 Å². The molecule has 0 aliphatic carbocycles. The molecule has 0 spiro atoms. The third-order valence-electron chi connectivity index (χ3n) is 3.18. The molecule has 1 saturated heterocycles. The van der Waals surface area contributed by atoms with Gasteiger partial charge in [0.2, 0.25) is 0 Å². The number of carboxylic acids is 1. The topological polar surface area (TPSA) is 82.1 Å². The molecule has 2 N–H and O–H groups in total. The summed E-state index contributed by atoms with van der Waals surface area (Å²) in [7, 11) is 1.60. The highest BCUT2D eigenvalue weighted by atomic mass is 16.5. The zero-order chi connectivity index (χ0) is 14.3. The monoisotopic (exact) mass is 273 g/mol. The lowest BCUT2D eigenvalue weighted by atomic mass is 10.4. The van der Waals surface area contributed by atoms with Crippen molar-refractivity contribution >= 4 is 12.0 Å². The molecular weight excluding hydrogens is 250 g/mol. The van der Waals surface area contributed by atoms with E-state index in [2.05, 4.69) is 5.32 Å². The van der Waals surface area contributed by atoms with E-state index in [1.807, 2.05) is 11.8 Å². The number of rotatable bonds is 5. The van der Waals surface area contributed by atoms with Crippen LogP contribution >= 0.6 is 0 Å². The van der Waals surface area contributed by atoms with Crippen LogP contribution in [0.5, 0.6) is 0 Å². The zero-order valence-corrected chi connectivity index (χ0v) is 11.6. The fourth-order valence-corrected chi connectivity index (χ4v) is 1.95. The molecule has 1 atom stereocenters. The van der Waals surface area contributed by atoms with E-state index in [1.165, 1.54) is 0 Å². The molecule has 1 heterocycles. The second kappa shape index (κ2) is 7.96. The molecule has 7 heteroatoms.